The highest BCUT2D eigenvalue weighted by molar-refractivity contribution is 4.88. The Morgan fingerprint density at radius 2 is 1.71 bits per heavy atom. The number of aliphatic hydroxyl groups is 4. The molecule has 2 unspecified atom stereocenters. The fraction of sp³-hybridized carbons (Fsp3) is 1.00. The normalized spacial score (nSPS) is 43.6. The van der Waals surface area contributed by atoms with E-state index in [4.69, 9.17) is 15.3 Å². The first-order valence-electron chi connectivity index (χ1n) is 3.93. The van der Waals surface area contributed by atoms with E-state index in [0.29, 0.717) is 0 Å². The molecular weight excluding hydrogens is 198 g/mol. The van der Waals surface area contributed by atoms with E-state index in [2.05, 4.69) is 4.74 Å². The van der Waals surface area contributed by atoms with Gasteiger partial charge in [-0.2, -0.15) is 0 Å². The maximum Gasteiger partial charge on any atom is 0.232 e. The molecule has 0 aromatic carbocycles. The van der Waals surface area contributed by atoms with Gasteiger partial charge in [-0.1, -0.05) is 0 Å². The molecule has 4 N–H and O–H groups in total. The molecule has 0 aliphatic carbocycles. The van der Waals surface area contributed by atoms with E-state index in [9.17, 15) is 15.2 Å². The average Bonchev–Trinajstić information content (AvgIpc) is 2.10. The van der Waals surface area contributed by atoms with Gasteiger partial charge in [0.15, 0.2) is 12.4 Å². The molecule has 1 aliphatic rings. The molecule has 0 spiro atoms. The lowest BCUT2D eigenvalue weighted by molar-refractivity contribution is -0.501. The first-order chi connectivity index (χ1) is 6.43. The van der Waals surface area contributed by atoms with Gasteiger partial charge in [0.25, 0.3) is 0 Å². The average molecular weight is 209 g/mol. The molecule has 0 aromatic rings. The molecule has 1 saturated heterocycles. The summed E-state index contributed by atoms with van der Waals surface area (Å²) in [7, 11) is 0. The van der Waals surface area contributed by atoms with Crippen molar-refractivity contribution < 1.29 is 30.1 Å². The molecule has 1 heterocycles. The van der Waals surface area contributed by atoms with Crippen LogP contribution < -0.4 is 0 Å². The standard InChI is InChI=1S/C6H11NO7/c8-3-2(1-7(12)13)14-6(11)5(10)4(3)9/h2-6,8-11H,1H2/t2?,3-,4+,5?,6-/m1/s1. The summed E-state index contributed by atoms with van der Waals surface area (Å²) in [6.07, 6.45) is -7.94. The summed E-state index contributed by atoms with van der Waals surface area (Å²) >= 11 is 0. The zero-order chi connectivity index (χ0) is 10.9. The number of hydrogen-bond donors (Lipinski definition) is 4. The fourth-order valence-electron chi connectivity index (χ4n) is 1.23. The molecule has 8 heteroatoms. The third kappa shape index (κ3) is 2.16. The van der Waals surface area contributed by atoms with Crippen LogP contribution in [0.25, 0.3) is 0 Å². The Balaban J connectivity index is 2.65. The number of aliphatic hydroxyl groups excluding tert-OH is 4. The molecule has 0 bridgehead atoms. The first kappa shape index (κ1) is 11.3. The van der Waals surface area contributed by atoms with Gasteiger partial charge in [-0.3, -0.25) is 10.1 Å². The molecule has 1 rings (SSSR count). The molecular formula is C6H11NO7. The van der Waals surface area contributed by atoms with Crippen LogP contribution in [0.2, 0.25) is 0 Å². The van der Waals surface area contributed by atoms with Crippen molar-refractivity contribution in [1.82, 2.24) is 0 Å². The Labute approximate surface area is 78.5 Å². The number of hydrogen-bond acceptors (Lipinski definition) is 7. The molecule has 82 valence electrons. The highest BCUT2D eigenvalue weighted by atomic mass is 16.7. The number of nitro groups is 1. The van der Waals surface area contributed by atoms with Crippen LogP contribution in [0, 0.1) is 10.1 Å². The van der Waals surface area contributed by atoms with Gasteiger partial charge < -0.3 is 25.2 Å². The van der Waals surface area contributed by atoms with Gasteiger partial charge >= 0.3 is 0 Å². The summed E-state index contributed by atoms with van der Waals surface area (Å²) in [5, 5.41) is 46.5. The Hall–Kier alpha value is -0.800. The van der Waals surface area contributed by atoms with Crippen molar-refractivity contribution in [2.24, 2.45) is 0 Å². The summed E-state index contributed by atoms with van der Waals surface area (Å²) in [6.45, 7) is -0.748. The van der Waals surface area contributed by atoms with Gasteiger partial charge in [0, 0.05) is 4.92 Å². The van der Waals surface area contributed by atoms with Crippen molar-refractivity contribution in [3.63, 3.8) is 0 Å². The van der Waals surface area contributed by atoms with Crippen LogP contribution in [-0.4, -0.2) is 62.6 Å². The molecule has 0 radical (unpaired) electrons. The van der Waals surface area contributed by atoms with Crippen LogP contribution in [0.1, 0.15) is 0 Å². The Bertz CT molecular complexity index is 222. The third-order valence-electron chi connectivity index (χ3n) is 2.02. The molecule has 1 aliphatic heterocycles. The largest absolute Gasteiger partial charge is 0.387 e. The van der Waals surface area contributed by atoms with Gasteiger partial charge in [0.1, 0.15) is 18.3 Å². The topological polar surface area (TPSA) is 133 Å². The predicted molar refractivity (Wildman–Crippen MR) is 40.8 cm³/mol. The zero-order valence-corrected chi connectivity index (χ0v) is 7.05. The van der Waals surface area contributed by atoms with Gasteiger partial charge in [0.05, 0.1) is 0 Å². The van der Waals surface area contributed by atoms with Crippen molar-refractivity contribution in [3.8, 4) is 0 Å². The Kier molecular flexibility index (Phi) is 3.34. The maximum atomic E-state index is 10.1. The maximum absolute atomic E-state index is 10.1. The molecule has 0 aromatic heterocycles. The molecule has 1 fully saturated rings. The first-order valence-corrected chi connectivity index (χ1v) is 3.93. The highest BCUT2D eigenvalue weighted by Crippen LogP contribution is 2.19. The minimum Gasteiger partial charge on any atom is -0.387 e. The number of nitrogens with zero attached hydrogens (tertiary/aromatic N) is 1. The van der Waals surface area contributed by atoms with E-state index >= 15 is 0 Å². The van der Waals surface area contributed by atoms with Crippen LogP contribution in [0.15, 0.2) is 0 Å². The van der Waals surface area contributed by atoms with Gasteiger partial charge in [-0.15, -0.1) is 0 Å². The van der Waals surface area contributed by atoms with Crippen molar-refractivity contribution in [3.05, 3.63) is 10.1 Å². The van der Waals surface area contributed by atoms with Crippen LogP contribution in [0.3, 0.4) is 0 Å². The van der Waals surface area contributed by atoms with E-state index in [1.807, 2.05) is 0 Å². The van der Waals surface area contributed by atoms with Gasteiger partial charge in [0.2, 0.25) is 6.54 Å². The van der Waals surface area contributed by atoms with Crippen LogP contribution >= 0.6 is 0 Å². The SMILES string of the molecule is O=[N+]([O-])CC1O[C@@H](O)C(O)[C@@H](O)[C@@H]1O. The van der Waals surface area contributed by atoms with Gasteiger partial charge in [-0.25, -0.2) is 0 Å². The van der Waals surface area contributed by atoms with Crippen molar-refractivity contribution >= 4 is 0 Å². The summed E-state index contributed by atoms with van der Waals surface area (Å²) in [5.74, 6) is 0. The summed E-state index contributed by atoms with van der Waals surface area (Å²) in [5.41, 5.74) is 0. The van der Waals surface area contributed by atoms with E-state index in [0.717, 1.165) is 0 Å². The van der Waals surface area contributed by atoms with E-state index in [1.54, 1.807) is 0 Å². The van der Waals surface area contributed by atoms with E-state index in [1.165, 1.54) is 0 Å². The second kappa shape index (κ2) is 4.15. The number of rotatable bonds is 2. The summed E-state index contributed by atoms with van der Waals surface area (Å²) in [4.78, 5) is 9.35. The lowest BCUT2D eigenvalue weighted by Crippen LogP contribution is -2.59. The monoisotopic (exact) mass is 209 g/mol. The zero-order valence-electron chi connectivity index (χ0n) is 7.05. The predicted octanol–water partition coefficient (Wildman–Crippen LogP) is -2.94. The van der Waals surface area contributed by atoms with E-state index < -0.39 is 42.2 Å². The summed E-state index contributed by atoms with van der Waals surface area (Å²) < 4.78 is 4.55. The number of ether oxygens (including phenoxy) is 1. The van der Waals surface area contributed by atoms with Crippen molar-refractivity contribution in [2.75, 3.05) is 6.54 Å². The second-order valence-electron chi connectivity index (χ2n) is 3.05. The second-order valence-corrected chi connectivity index (χ2v) is 3.05. The third-order valence-corrected chi connectivity index (χ3v) is 2.02. The molecule has 8 nitrogen and oxygen atoms in total. The summed E-state index contributed by atoms with van der Waals surface area (Å²) in [6, 6.07) is 0. The van der Waals surface area contributed by atoms with Gasteiger partial charge in [-0.05, 0) is 0 Å². The van der Waals surface area contributed by atoms with Crippen LogP contribution in [0.4, 0.5) is 0 Å². The molecule has 0 saturated carbocycles. The Morgan fingerprint density at radius 1 is 1.14 bits per heavy atom. The lowest BCUT2D eigenvalue weighted by atomic mass is 9.99. The molecule has 0 amide bonds. The quantitative estimate of drug-likeness (QED) is 0.282. The molecule has 14 heavy (non-hydrogen) atoms. The molecule has 5 atom stereocenters. The van der Waals surface area contributed by atoms with Crippen molar-refractivity contribution in [2.45, 2.75) is 30.7 Å². The van der Waals surface area contributed by atoms with Crippen molar-refractivity contribution in [1.29, 1.82) is 0 Å². The minimum absolute atomic E-state index is 0.745. The highest BCUT2D eigenvalue weighted by Gasteiger charge is 2.44. The minimum atomic E-state index is -1.72. The fourth-order valence-corrected chi connectivity index (χ4v) is 1.23. The lowest BCUT2D eigenvalue weighted by Gasteiger charge is -2.36. The van der Waals surface area contributed by atoms with Crippen LogP contribution in [-0.2, 0) is 4.74 Å². The smallest absolute Gasteiger partial charge is 0.232 e. The van der Waals surface area contributed by atoms with Crippen LogP contribution in [0.5, 0.6) is 0 Å². The Morgan fingerprint density at radius 3 is 2.21 bits per heavy atom. The van der Waals surface area contributed by atoms with E-state index in [-0.39, 0.29) is 0 Å².